The fourth-order valence-corrected chi connectivity index (χ4v) is 5.47. The average molecular weight is 433 g/mol. The summed E-state index contributed by atoms with van der Waals surface area (Å²) < 4.78 is 27.4. The molecule has 1 amide bonds. The third-order valence-corrected chi connectivity index (χ3v) is 7.87. The van der Waals surface area contributed by atoms with E-state index in [-0.39, 0.29) is 22.8 Å². The van der Waals surface area contributed by atoms with Crippen LogP contribution in [-0.4, -0.2) is 55.2 Å². The van der Waals surface area contributed by atoms with Crippen molar-refractivity contribution in [2.75, 3.05) is 19.6 Å². The molecule has 8 heteroatoms. The van der Waals surface area contributed by atoms with Crippen molar-refractivity contribution < 1.29 is 13.2 Å². The van der Waals surface area contributed by atoms with Crippen LogP contribution in [0, 0.1) is 5.41 Å². The summed E-state index contributed by atoms with van der Waals surface area (Å²) in [5.41, 5.74) is 1.62. The second-order valence-electron chi connectivity index (χ2n) is 8.01. The maximum absolute atomic E-state index is 13.1. The molecule has 2 fully saturated rings. The number of carbonyl (C=O) groups is 1. The fourth-order valence-electron chi connectivity index (χ4n) is 4.08. The van der Waals surface area contributed by atoms with Gasteiger partial charge in [-0.05, 0) is 50.8 Å². The van der Waals surface area contributed by atoms with Crippen LogP contribution in [0.25, 0.3) is 0 Å². The van der Waals surface area contributed by atoms with Crippen molar-refractivity contribution in [3.8, 4) is 0 Å². The second-order valence-corrected chi connectivity index (χ2v) is 9.87. The van der Waals surface area contributed by atoms with Gasteiger partial charge in [-0.1, -0.05) is 37.5 Å². The van der Waals surface area contributed by atoms with E-state index in [9.17, 15) is 13.2 Å². The van der Waals surface area contributed by atoms with E-state index in [4.69, 9.17) is 5.41 Å². The van der Waals surface area contributed by atoms with Crippen LogP contribution in [0.3, 0.4) is 0 Å². The largest absolute Gasteiger partial charge is 0.352 e. The number of amides is 1. The molecule has 0 radical (unpaired) electrons. The standard InChI is InChI=1S/C22H32N4O3S/c1-3-17(2)21(27)24-14-13-18-9-11-20(12-10-18)30(28,29)26-16-15-25(22(26)23)19-7-5-4-6-8-19/h3,9-12,19,23H,4-8,13-16H2,1-2H3,(H,24,27). The molecule has 1 saturated carbocycles. The first-order valence-electron chi connectivity index (χ1n) is 10.7. The minimum Gasteiger partial charge on any atom is -0.352 e. The van der Waals surface area contributed by atoms with Crippen LogP contribution in [0.15, 0.2) is 40.8 Å². The predicted octanol–water partition coefficient (Wildman–Crippen LogP) is 2.89. The van der Waals surface area contributed by atoms with E-state index in [1.807, 2.05) is 11.8 Å². The molecule has 1 aliphatic carbocycles. The molecule has 0 aromatic heterocycles. The molecule has 7 nitrogen and oxygen atoms in total. The van der Waals surface area contributed by atoms with E-state index in [1.54, 1.807) is 37.3 Å². The van der Waals surface area contributed by atoms with Crippen LogP contribution >= 0.6 is 0 Å². The zero-order chi connectivity index (χ0) is 21.7. The molecule has 1 heterocycles. The quantitative estimate of drug-likeness (QED) is 0.648. The van der Waals surface area contributed by atoms with E-state index >= 15 is 0 Å². The summed E-state index contributed by atoms with van der Waals surface area (Å²) in [7, 11) is -3.73. The highest BCUT2D eigenvalue weighted by molar-refractivity contribution is 7.89. The van der Waals surface area contributed by atoms with Crippen molar-refractivity contribution in [2.24, 2.45) is 0 Å². The number of allylic oxidation sites excluding steroid dienone is 1. The first kappa shape index (κ1) is 22.3. The van der Waals surface area contributed by atoms with Gasteiger partial charge >= 0.3 is 0 Å². The monoisotopic (exact) mass is 432 g/mol. The van der Waals surface area contributed by atoms with E-state index in [1.165, 1.54) is 10.7 Å². The molecule has 0 atom stereocenters. The lowest BCUT2D eigenvalue weighted by Crippen LogP contribution is -2.42. The molecule has 2 N–H and O–H groups in total. The Morgan fingerprint density at radius 3 is 2.47 bits per heavy atom. The van der Waals surface area contributed by atoms with Crippen molar-refractivity contribution >= 4 is 21.9 Å². The lowest BCUT2D eigenvalue weighted by molar-refractivity contribution is -0.117. The summed E-state index contributed by atoms with van der Waals surface area (Å²) in [5, 5.41) is 11.3. The summed E-state index contributed by atoms with van der Waals surface area (Å²) in [4.78, 5) is 13.9. The maximum Gasteiger partial charge on any atom is 0.266 e. The summed E-state index contributed by atoms with van der Waals surface area (Å²) in [6, 6.07) is 7.04. The second kappa shape index (κ2) is 9.64. The summed E-state index contributed by atoms with van der Waals surface area (Å²) >= 11 is 0. The molecule has 1 aromatic carbocycles. The predicted molar refractivity (Wildman–Crippen MR) is 118 cm³/mol. The number of nitrogens with one attached hydrogen (secondary N) is 2. The number of carbonyl (C=O) groups excluding carboxylic acids is 1. The van der Waals surface area contributed by atoms with E-state index in [0.717, 1.165) is 31.2 Å². The van der Waals surface area contributed by atoms with Gasteiger partial charge < -0.3 is 10.2 Å². The number of sulfonamides is 1. The molecule has 0 unspecified atom stereocenters. The molecule has 30 heavy (non-hydrogen) atoms. The number of hydrogen-bond donors (Lipinski definition) is 2. The normalized spacial score (nSPS) is 18.7. The number of nitrogens with zero attached hydrogens (tertiary/aromatic N) is 2. The first-order chi connectivity index (χ1) is 14.3. The highest BCUT2D eigenvalue weighted by Gasteiger charge is 2.38. The molecule has 164 valence electrons. The van der Waals surface area contributed by atoms with Gasteiger partial charge in [0.25, 0.3) is 10.0 Å². The molecule has 0 spiro atoms. The van der Waals surface area contributed by atoms with Gasteiger partial charge in [-0.15, -0.1) is 0 Å². The van der Waals surface area contributed by atoms with Gasteiger partial charge in [-0.25, -0.2) is 12.7 Å². The fraction of sp³-hybridized carbons (Fsp3) is 0.545. The lowest BCUT2D eigenvalue weighted by Gasteiger charge is -2.32. The third-order valence-electron chi connectivity index (χ3n) is 6.07. The van der Waals surface area contributed by atoms with Crippen molar-refractivity contribution in [3.05, 3.63) is 41.5 Å². The molecular formula is C22H32N4O3S. The number of hydrogen-bond acceptors (Lipinski definition) is 4. The lowest BCUT2D eigenvalue weighted by atomic mass is 9.94. The number of guanidine groups is 1. The Hall–Kier alpha value is -2.35. The Balaban J connectivity index is 1.61. The molecule has 1 saturated heterocycles. The SMILES string of the molecule is CC=C(C)C(=O)NCCc1ccc(S(=O)(=O)N2CCN(C3CCCCC3)C2=N)cc1. The molecule has 1 aromatic rings. The Morgan fingerprint density at radius 2 is 1.83 bits per heavy atom. The summed E-state index contributed by atoms with van der Waals surface area (Å²) in [6.45, 7) is 4.99. The van der Waals surface area contributed by atoms with E-state index in [0.29, 0.717) is 31.6 Å². The Labute approximate surface area is 179 Å². The zero-order valence-corrected chi connectivity index (χ0v) is 18.7. The minimum absolute atomic E-state index is 0.0910. The Kier molecular flexibility index (Phi) is 7.18. The Morgan fingerprint density at radius 1 is 1.17 bits per heavy atom. The molecule has 0 bridgehead atoms. The number of benzene rings is 1. The highest BCUT2D eigenvalue weighted by Crippen LogP contribution is 2.28. The first-order valence-corrected chi connectivity index (χ1v) is 12.2. The van der Waals surface area contributed by atoms with Crippen molar-refractivity contribution in [2.45, 2.75) is 63.3 Å². The van der Waals surface area contributed by atoms with Crippen molar-refractivity contribution in [1.29, 1.82) is 5.41 Å². The summed E-state index contributed by atoms with van der Waals surface area (Å²) in [6.07, 6.45) is 7.99. The highest BCUT2D eigenvalue weighted by atomic mass is 32.2. The third kappa shape index (κ3) is 4.86. The maximum atomic E-state index is 13.1. The van der Waals surface area contributed by atoms with Gasteiger partial charge in [0.1, 0.15) is 0 Å². The van der Waals surface area contributed by atoms with Gasteiger partial charge in [-0.2, -0.15) is 0 Å². The molecule has 3 rings (SSSR count). The Bertz CT molecular complexity index is 903. The average Bonchev–Trinajstić information content (AvgIpc) is 3.16. The van der Waals surface area contributed by atoms with Crippen molar-refractivity contribution in [1.82, 2.24) is 14.5 Å². The smallest absolute Gasteiger partial charge is 0.266 e. The van der Waals surface area contributed by atoms with E-state index < -0.39 is 10.0 Å². The van der Waals surface area contributed by atoms with Crippen LogP contribution in [0.2, 0.25) is 0 Å². The van der Waals surface area contributed by atoms with Gasteiger partial charge in [0, 0.05) is 24.7 Å². The van der Waals surface area contributed by atoms with Gasteiger partial charge in [0.2, 0.25) is 11.9 Å². The number of rotatable bonds is 7. The zero-order valence-electron chi connectivity index (χ0n) is 17.9. The van der Waals surface area contributed by atoms with Crippen LogP contribution < -0.4 is 5.32 Å². The summed E-state index contributed by atoms with van der Waals surface area (Å²) in [5.74, 6) is 0.0137. The van der Waals surface area contributed by atoms with Crippen LogP contribution in [-0.2, 0) is 21.2 Å². The van der Waals surface area contributed by atoms with Gasteiger partial charge in [-0.3, -0.25) is 10.2 Å². The topological polar surface area (TPSA) is 93.6 Å². The molecule has 2 aliphatic rings. The van der Waals surface area contributed by atoms with E-state index in [2.05, 4.69) is 5.32 Å². The van der Waals surface area contributed by atoms with Gasteiger partial charge in [0.15, 0.2) is 0 Å². The van der Waals surface area contributed by atoms with Crippen molar-refractivity contribution in [3.63, 3.8) is 0 Å². The van der Waals surface area contributed by atoms with Crippen LogP contribution in [0.1, 0.15) is 51.5 Å². The molecular weight excluding hydrogens is 400 g/mol. The minimum atomic E-state index is -3.73. The van der Waals surface area contributed by atoms with Crippen LogP contribution in [0.4, 0.5) is 0 Å². The van der Waals surface area contributed by atoms with Gasteiger partial charge in [0.05, 0.1) is 11.4 Å². The molecule has 1 aliphatic heterocycles. The van der Waals surface area contributed by atoms with Crippen LogP contribution in [0.5, 0.6) is 0 Å².